The van der Waals surface area contributed by atoms with Crippen molar-refractivity contribution in [2.75, 3.05) is 39.0 Å². The topological polar surface area (TPSA) is 60.5 Å². The average molecular weight is 398 g/mol. The molecule has 1 saturated heterocycles. The van der Waals surface area contributed by atoms with Gasteiger partial charge < -0.3 is 23.8 Å². The number of carbonyl (C=O) groups excluding carboxylic acids is 1. The lowest BCUT2D eigenvalue weighted by Gasteiger charge is -2.46. The van der Waals surface area contributed by atoms with Crippen molar-refractivity contribution in [1.82, 2.24) is 4.90 Å². The van der Waals surface area contributed by atoms with E-state index in [9.17, 15) is 4.79 Å². The summed E-state index contributed by atoms with van der Waals surface area (Å²) in [6, 6.07) is 11.5. The number of amides is 1. The zero-order chi connectivity index (χ0) is 20.6. The number of rotatable bonds is 5. The summed E-state index contributed by atoms with van der Waals surface area (Å²) in [6.45, 7) is 6.07. The molecule has 0 saturated carbocycles. The van der Waals surface area contributed by atoms with Crippen LogP contribution in [0.3, 0.4) is 0 Å². The van der Waals surface area contributed by atoms with Crippen molar-refractivity contribution >= 4 is 11.6 Å². The molecule has 2 aromatic rings. The Labute approximate surface area is 170 Å². The molecular weight excluding hydrogens is 372 g/mol. The van der Waals surface area contributed by atoms with Crippen LogP contribution >= 0.6 is 0 Å². The summed E-state index contributed by atoms with van der Waals surface area (Å²) in [5, 5.41) is 0. The molecule has 0 N–H and O–H groups in total. The fourth-order valence-corrected chi connectivity index (χ4v) is 4.14. The van der Waals surface area contributed by atoms with E-state index in [1.54, 1.807) is 14.2 Å². The number of piperazine rings is 1. The third-order valence-electron chi connectivity index (χ3n) is 5.28. The highest BCUT2D eigenvalue weighted by atomic mass is 16.7. The summed E-state index contributed by atoms with van der Waals surface area (Å²) in [5.41, 5.74) is 1.54. The Kier molecular flexibility index (Phi) is 5.00. The molecule has 7 heteroatoms. The molecule has 2 aliphatic rings. The Morgan fingerprint density at radius 3 is 2.48 bits per heavy atom. The minimum absolute atomic E-state index is 0.0686. The van der Waals surface area contributed by atoms with E-state index in [4.69, 9.17) is 18.9 Å². The lowest BCUT2D eigenvalue weighted by atomic mass is 9.96. The van der Waals surface area contributed by atoms with Gasteiger partial charge in [0, 0.05) is 18.8 Å². The normalized spacial score (nSPS) is 18.1. The Morgan fingerprint density at radius 1 is 1.07 bits per heavy atom. The summed E-state index contributed by atoms with van der Waals surface area (Å²) < 4.78 is 21.6. The Hall–Kier alpha value is -2.93. The van der Waals surface area contributed by atoms with Crippen molar-refractivity contribution in [2.24, 2.45) is 0 Å². The molecule has 0 unspecified atom stereocenters. The summed E-state index contributed by atoms with van der Waals surface area (Å²) in [5.74, 6) is 2.81. The van der Waals surface area contributed by atoms with Crippen molar-refractivity contribution in [3.63, 3.8) is 0 Å². The first-order chi connectivity index (χ1) is 13.9. The van der Waals surface area contributed by atoms with E-state index in [2.05, 4.69) is 18.7 Å². The molecule has 7 nitrogen and oxygen atoms in total. The molecule has 0 atom stereocenters. The Bertz CT molecular complexity index is 910. The number of hydrogen-bond acceptors (Lipinski definition) is 6. The fourth-order valence-electron chi connectivity index (χ4n) is 4.14. The van der Waals surface area contributed by atoms with Crippen molar-refractivity contribution in [1.29, 1.82) is 0 Å². The van der Waals surface area contributed by atoms with Crippen LogP contribution in [0, 0.1) is 0 Å². The van der Waals surface area contributed by atoms with E-state index in [0.29, 0.717) is 30.3 Å². The monoisotopic (exact) mass is 398 g/mol. The van der Waals surface area contributed by atoms with Crippen LogP contribution in [-0.2, 0) is 11.3 Å². The quantitative estimate of drug-likeness (QED) is 0.772. The maximum absolute atomic E-state index is 13.1. The van der Waals surface area contributed by atoms with Crippen LogP contribution in [0.5, 0.6) is 23.0 Å². The van der Waals surface area contributed by atoms with Gasteiger partial charge in [-0.15, -0.1) is 0 Å². The summed E-state index contributed by atoms with van der Waals surface area (Å²) in [7, 11) is 3.25. The Balaban J connectivity index is 1.53. The number of anilines is 1. The van der Waals surface area contributed by atoms with Crippen LogP contribution < -0.4 is 23.8 Å². The predicted molar refractivity (Wildman–Crippen MR) is 109 cm³/mol. The van der Waals surface area contributed by atoms with Crippen LogP contribution in [-0.4, -0.2) is 50.4 Å². The van der Waals surface area contributed by atoms with Gasteiger partial charge in [0.05, 0.1) is 26.3 Å². The summed E-state index contributed by atoms with van der Waals surface area (Å²) >= 11 is 0. The molecule has 0 spiro atoms. The second-order valence-corrected chi connectivity index (χ2v) is 7.92. The van der Waals surface area contributed by atoms with Crippen molar-refractivity contribution in [3.8, 4) is 23.0 Å². The fraction of sp³-hybridized carbons (Fsp3) is 0.409. The lowest BCUT2D eigenvalue weighted by Crippen LogP contribution is -2.62. The van der Waals surface area contributed by atoms with Crippen molar-refractivity contribution in [3.05, 3.63) is 42.0 Å². The first-order valence-electron chi connectivity index (χ1n) is 9.57. The zero-order valence-electron chi connectivity index (χ0n) is 17.2. The summed E-state index contributed by atoms with van der Waals surface area (Å²) in [6.07, 6.45) is 0. The SMILES string of the molecule is COc1ccc(N2C(=O)CN(Cc3cc(OC)c4c(c3)OCO4)CC2(C)C)cc1. The zero-order valence-corrected chi connectivity index (χ0v) is 17.2. The molecule has 4 rings (SSSR count). The van der Waals surface area contributed by atoms with Crippen LogP contribution in [0.2, 0.25) is 0 Å². The highest BCUT2D eigenvalue weighted by Crippen LogP contribution is 2.42. The van der Waals surface area contributed by atoms with Crippen LogP contribution in [0.25, 0.3) is 0 Å². The van der Waals surface area contributed by atoms with Crippen LogP contribution in [0.4, 0.5) is 5.69 Å². The van der Waals surface area contributed by atoms with Gasteiger partial charge in [-0.3, -0.25) is 9.69 Å². The predicted octanol–water partition coefficient (Wildman–Crippen LogP) is 3.06. The highest BCUT2D eigenvalue weighted by molar-refractivity contribution is 5.97. The van der Waals surface area contributed by atoms with E-state index in [1.807, 2.05) is 41.3 Å². The van der Waals surface area contributed by atoms with E-state index in [-0.39, 0.29) is 18.2 Å². The van der Waals surface area contributed by atoms with Crippen molar-refractivity contribution in [2.45, 2.75) is 25.9 Å². The number of hydrogen-bond donors (Lipinski definition) is 0. The number of benzene rings is 2. The van der Waals surface area contributed by atoms with Gasteiger partial charge in [0.1, 0.15) is 5.75 Å². The largest absolute Gasteiger partial charge is 0.497 e. The second kappa shape index (κ2) is 7.48. The maximum Gasteiger partial charge on any atom is 0.241 e. The van der Waals surface area contributed by atoms with E-state index >= 15 is 0 Å². The number of ether oxygens (including phenoxy) is 4. The van der Waals surface area contributed by atoms with Gasteiger partial charge in [-0.05, 0) is 55.8 Å². The number of methoxy groups -OCH3 is 2. The molecule has 1 fully saturated rings. The van der Waals surface area contributed by atoms with Crippen molar-refractivity contribution < 1.29 is 23.7 Å². The molecule has 2 aliphatic heterocycles. The lowest BCUT2D eigenvalue weighted by molar-refractivity contribution is -0.123. The number of nitrogens with zero attached hydrogens (tertiary/aromatic N) is 2. The molecule has 154 valence electrons. The van der Waals surface area contributed by atoms with E-state index < -0.39 is 0 Å². The first kappa shape index (κ1) is 19.4. The molecule has 0 aromatic heterocycles. The smallest absolute Gasteiger partial charge is 0.241 e. The minimum Gasteiger partial charge on any atom is -0.497 e. The second-order valence-electron chi connectivity index (χ2n) is 7.92. The molecule has 1 amide bonds. The van der Waals surface area contributed by atoms with E-state index in [0.717, 1.165) is 23.5 Å². The molecule has 0 aliphatic carbocycles. The van der Waals surface area contributed by atoms with E-state index in [1.165, 1.54) is 0 Å². The standard InChI is InChI=1S/C22H26N2O5/c1-22(2)13-23(11-15-9-18(27-4)21-19(10-15)28-14-29-21)12-20(25)24(22)16-5-7-17(26-3)8-6-16/h5-10H,11-14H2,1-4H3. The van der Waals surface area contributed by atoms with Gasteiger partial charge in [-0.25, -0.2) is 0 Å². The van der Waals surface area contributed by atoms with Crippen LogP contribution in [0.1, 0.15) is 19.4 Å². The van der Waals surface area contributed by atoms with Gasteiger partial charge >= 0.3 is 0 Å². The molecule has 2 aromatic carbocycles. The van der Waals surface area contributed by atoms with Gasteiger partial charge in [-0.2, -0.15) is 0 Å². The number of fused-ring (bicyclic) bond motifs is 1. The Morgan fingerprint density at radius 2 is 1.83 bits per heavy atom. The average Bonchev–Trinajstić information content (AvgIpc) is 3.15. The number of carbonyl (C=O) groups is 1. The summed E-state index contributed by atoms with van der Waals surface area (Å²) in [4.78, 5) is 17.1. The third kappa shape index (κ3) is 3.70. The first-order valence-corrected chi connectivity index (χ1v) is 9.57. The molecule has 0 bridgehead atoms. The van der Waals surface area contributed by atoms with Gasteiger partial charge in [-0.1, -0.05) is 0 Å². The molecule has 2 heterocycles. The van der Waals surface area contributed by atoms with Crippen LogP contribution in [0.15, 0.2) is 36.4 Å². The minimum atomic E-state index is -0.357. The van der Waals surface area contributed by atoms with Gasteiger partial charge in [0.2, 0.25) is 18.4 Å². The highest BCUT2D eigenvalue weighted by Gasteiger charge is 2.39. The van der Waals surface area contributed by atoms with Gasteiger partial charge in [0.15, 0.2) is 11.5 Å². The molecule has 0 radical (unpaired) electrons. The molecule has 29 heavy (non-hydrogen) atoms. The van der Waals surface area contributed by atoms with Gasteiger partial charge in [0.25, 0.3) is 0 Å². The maximum atomic E-state index is 13.1. The third-order valence-corrected chi connectivity index (χ3v) is 5.28. The molecular formula is C22H26N2O5.